The van der Waals surface area contributed by atoms with E-state index in [1.807, 2.05) is 5.32 Å². The van der Waals surface area contributed by atoms with Crippen LogP contribution in [-0.4, -0.2) is 89.0 Å². The number of hydrogen-bond donors (Lipinski definition) is 9. The van der Waals surface area contributed by atoms with Crippen LogP contribution in [0.5, 0.6) is 0 Å². The van der Waals surface area contributed by atoms with Gasteiger partial charge in [0.25, 0.3) is 0 Å². The summed E-state index contributed by atoms with van der Waals surface area (Å²) in [5, 5.41) is 27.1. The highest BCUT2D eigenvalue weighted by Crippen LogP contribution is 2.01. The molecule has 192 valence electrons. The molecule has 0 heterocycles. The van der Waals surface area contributed by atoms with Crippen molar-refractivity contribution in [3.8, 4) is 0 Å². The highest BCUT2D eigenvalue weighted by atomic mass is 16.4. The molecule has 0 aliphatic carbocycles. The zero-order valence-electron chi connectivity index (χ0n) is 18.9. The van der Waals surface area contributed by atoms with Crippen molar-refractivity contribution in [3.63, 3.8) is 0 Å². The Hall–Kier alpha value is -3.95. The molecule has 4 atom stereocenters. The fourth-order valence-electron chi connectivity index (χ4n) is 2.56. The van der Waals surface area contributed by atoms with Crippen LogP contribution in [0, 0.1) is 0 Å². The molecule has 0 aromatic carbocycles. The molecule has 0 unspecified atom stereocenters. The minimum Gasteiger partial charge on any atom is -0.481 e. The number of carboxylic acids is 1. The van der Waals surface area contributed by atoms with Gasteiger partial charge in [0.15, 0.2) is 5.96 Å². The number of guanidine groups is 1. The maximum absolute atomic E-state index is 12.5. The smallest absolute Gasteiger partial charge is 0.305 e. The van der Waals surface area contributed by atoms with Crippen LogP contribution in [0.2, 0.25) is 0 Å². The number of amides is 5. The number of nitrogens with zero attached hydrogens (tertiary/aromatic N) is 1. The fourth-order valence-corrected chi connectivity index (χ4v) is 2.56. The van der Waals surface area contributed by atoms with Gasteiger partial charge in [-0.3, -0.25) is 33.8 Å². The number of nitrogens with two attached hydrogens (primary N) is 3. The normalized spacial score (nSPS) is 13.9. The summed E-state index contributed by atoms with van der Waals surface area (Å²) in [7, 11) is 0. The highest BCUT2D eigenvalue weighted by Gasteiger charge is 2.30. The van der Waals surface area contributed by atoms with E-state index in [9.17, 15) is 28.8 Å². The predicted octanol–water partition coefficient (Wildman–Crippen LogP) is -5.03. The Morgan fingerprint density at radius 3 is 1.88 bits per heavy atom. The summed E-state index contributed by atoms with van der Waals surface area (Å²) in [6.45, 7) is 1.84. The van der Waals surface area contributed by atoms with Crippen molar-refractivity contribution in [1.82, 2.24) is 21.3 Å². The largest absolute Gasteiger partial charge is 0.481 e. The van der Waals surface area contributed by atoms with Gasteiger partial charge in [-0.05, 0) is 19.8 Å². The number of aliphatic imine (C=N–C) groups is 1. The van der Waals surface area contributed by atoms with E-state index in [0.717, 1.165) is 0 Å². The number of carboxylic acid groups (broad SMARTS) is 1. The topological polar surface area (TPSA) is 281 Å². The van der Waals surface area contributed by atoms with Gasteiger partial charge < -0.3 is 48.7 Å². The Morgan fingerprint density at radius 2 is 1.41 bits per heavy atom. The molecule has 34 heavy (non-hydrogen) atoms. The highest BCUT2D eigenvalue weighted by molar-refractivity contribution is 5.96. The van der Waals surface area contributed by atoms with Gasteiger partial charge in [-0.15, -0.1) is 0 Å². The Kier molecular flexibility index (Phi) is 13.2. The molecule has 16 nitrogen and oxygen atoms in total. The lowest BCUT2D eigenvalue weighted by molar-refractivity contribution is -0.141. The third kappa shape index (κ3) is 12.2. The van der Waals surface area contributed by atoms with Crippen molar-refractivity contribution in [1.29, 1.82) is 0 Å². The van der Waals surface area contributed by atoms with Gasteiger partial charge in [0.1, 0.15) is 24.2 Å². The van der Waals surface area contributed by atoms with Crippen LogP contribution >= 0.6 is 0 Å². The molecular weight excluding hydrogens is 456 g/mol. The third-order valence-electron chi connectivity index (χ3n) is 4.25. The average Bonchev–Trinajstić information content (AvgIpc) is 2.72. The molecule has 0 aliphatic heterocycles. The van der Waals surface area contributed by atoms with Crippen molar-refractivity contribution < 1.29 is 39.0 Å². The Balaban J connectivity index is 5.19. The standard InChI is InChI=1S/C18H32N8O8/c1-8(23-16(33)10(24-9(2)28)4-3-5-22-18(20)21)15(32)25-11(6-13(29)30)17(34)26-12(7-27)14(19)31/h8,10-12,27H,3-7H2,1-2H3,(H2,19,31)(H,23,33)(H,24,28)(H,25,32)(H,26,34)(H,29,30)(H4,20,21,22)/t8-,10+,11+,12+/m1/s1. The summed E-state index contributed by atoms with van der Waals surface area (Å²) in [5.41, 5.74) is 15.5. The molecule has 0 bridgehead atoms. The molecule has 0 spiro atoms. The molecular formula is C18H32N8O8. The first-order chi connectivity index (χ1) is 15.8. The summed E-state index contributed by atoms with van der Waals surface area (Å²) in [4.78, 5) is 74.7. The maximum atomic E-state index is 12.5. The predicted molar refractivity (Wildman–Crippen MR) is 118 cm³/mol. The molecule has 16 heteroatoms. The average molecular weight is 489 g/mol. The van der Waals surface area contributed by atoms with E-state index in [-0.39, 0.29) is 18.9 Å². The van der Waals surface area contributed by atoms with E-state index >= 15 is 0 Å². The molecule has 12 N–H and O–H groups in total. The molecule has 0 aliphatic rings. The summed E-state index contributed by atoms with van der Waals surface area (Å²) in [6, 6.07) is -5.38. The number of primary amides is 1. The summed E-state index contributed by atoms with van der Waals surface area (Å²) >= 11 is 0. The Labute approximate surface area is 195 Å². The first-order valence-corrected chi connectivity index (χ1v) is 10.1. The lowest BCUT2D eigenvalue weighted by Gasteiger charge is -2.23. The van der Waals surface area contributed by atoms with Crippen LogP contribution in [-0.2, 0) is 28.8 Å². The van der Waals surface area contributed by atoms with E-state index in [2.05, 4.69) is 20.9 Å². The summed E-state index contributed by atoms with van der Waals surface area (Å²) in [5.74, 6) is -5.85. The van der Waals surface area contributed by atoms with Gasteiger partial charge in [-0.1, -0.05) is 0 Å². The van der Waals surface area contributed by atoms with Gasteiger partial charge in [0, 0.05) is 13.5 Å². The van der Waals surface area contributed by atoms with Gasteiger partial charge in [0.2, 0.25) is 29.5 Å². The Bertz CT molecular complexity index is 799. The molecule has 5 amide bonds. The van der Waals surface area contributed by atoms with Gasteiger partial charge in [-0.25, -0.2) is 0 Å². The molecule has 0 rings (SSSR count). The number of rotatable bonds is 15. The molecule has 0 saturated carbocycles. The second kappa shape index (κ2) is 15.0. The lowest BCUT2D eigenvalue weighted by atomic mass is 10.1. The fraction of sp³-hybridized carbons (Fsp3) is 0.611. The van der Waals surface area contributed by atoms with E-state index in [0.29, 0.717) is 6.42 Å². The van der Waals surface area contributed by atoms with Gasteiger partial charge in [0.05, 0.1) is 13.0 Å². The Morgan fingerprint density at radius 1 is 0.853 bits per heavy atom. The van der Waals surface area contributed by atoms with Crippen LogP contribution < -0.4 is 38.5 Å². The van der Waals surface area contributed by atoms with Gasteiger partial charge in [-0.2, -0.15) is 0 Å². The molecule has 0 saturated heterocycles. The minimum absolute atomic E-state index is 0.132. The molecule has 0 fully saturated rings. The zero-order valence-corrected chi connectivity index (χ0v) is 18.9. The number of aliphatic hydroxyl groups excluding tert-OH is 1. The minimum atomic E-state index is -1.64. The first-order valence-electron chi connectivity index (χ1n) is 10.1. The van der Waals surface area contributed by atoms with E-state index in [1.165, 1.54) is 13.8 Å². The second-order valence-electron chi connectivity index (χ2n) is 7.24. The van der Waals surface area contributed by atoms with Gasteiger partial charge >= 0.3 is 5.97 Å². The van der Waals surface area contributed by atoms with Crippen LogP contribution in [0.25, 0.3) is 0 Å². The SMILES string of the molecule is CC(=O)N[C@@H](CCCN=C(N)N)C(=O)N[C@H](C)C(=O)N[C@@H](CC(=O)O)C(=O)N[C@@H](CO)C(N)=O. The van der Waals surface area contributed by atoms with Crippen molar-refractivity contribution in [2.75, 3.05) is 13.2 Å². The monoisotopic (exact) mass is 488 g/mol. The first kappa shape index (κ1) is 30.1. The number of aliphatic hydroxyl groups is 1. The zero-order chi connectivity index (χ0) is 26.4. The quantitative estimate of drug-likeness (QED) is 0.0600. The van der Waals surface area contributed by atoms with Crippen LogP contribution in [0.1, 0.15) is 33.1 Å². The number of carbonyl (C=O) groups is 6. The van der Waals surface area contributed by atoms with Crippen molar-refractivity contribution in [2.24, 2.45) is 22.2 Å². The maximum Gasteiger partial charge on any atom is 0.305 e. The van der Waals surface area contributed by atoms with E-state index in [1.54, 1.807) is 0 Å². The third-order valence-corrected chi connectivity index (χ3v) is 4.25. The van der Waals surface area contributed by atoms with Crippen molar-refractivity contribution in [2.45, 2.75) is 57.3 Å². The van der Waals surface area contributed by atoms with Crippen molar-refractivity contribution >= 4 is 41.5 Å². The summed E-state index contributed by atoms with van der Waals surface area (Å²) in [6.07, 6.45) is -0.367. The molecule has 0 aromatic heterocycles. The van der Waals surface area contributed by atoms with E-state index < -0.39 is 72.7 Å². The second-order valence-corrected chi connectivity index (χ2v) is 7.24. The van der Waals surface area contributed by atoms with Crippen LogP contribution in [0.3, 0.4) is 0 Å². The lowest BCUT2D eigenvalue weighted by Crippen LogP contribution is -2.58. The number of nitrogens with one attached hydrogen (secondary N) is 4. The van der Waals surface area contributed by atoms with Crippen LogP contribution in [0.15, 0.2) is 4.99 Å². The molecule has 0 radical (unpaired) electrons. The van der Waals surface area contributed by atoms with Crippen molar-refractivity contribution in [3.05, 3.63) is 0 Å². The number of hydrogen-bond acceptors (Lipinski definition) is 8. The molecule has 0 aromatic rings. The number of carbonyl (C=O) groups excluding carboxylic acids is 5. The van der Waals surface area contributed by atoms with Crippen LogP contribution in [0.4, 0.5) is 0 Å². The number of aliphatic carboxylic acids is 1. The summed E-state index contributed by atoms with van der Waals surface area (Å²) < 4.78 is 0. The van der Waals surface area contributed by atoms with E-state index in [4.69, 9.17) is 27.4 Å².